The molecular weight excluding hydrogens is 228 g/mol. The van der Waals surface area contributed by atoms with E-state index in [1.54, 1.807) is 6.92 Å². The first-order valence-corrected chi connectivity index (χ1v) is 6.58. The van der Waals surface area contributed by atoms with Crippen LogP contribution in [-0.2, 0) is 14.3 Å². The predicted molar refractivity (Wildman–Crippen MR) is 69.0 cm³/mol. The summed E-state index contributed by atoms with van der Waals surface area (Å²) in [5.41, 5.74) is 2.77. The van der Waals surface area contributed by atoms with Crippen LogP contribution in [0, 0.1) is 5.92 Å². The van der Waals surface area contributed by atoms with Crippen molar-refractivity contribution in [2.45, 2.75) is 52.6 Å². The van der Waals surface area contributed by atoms with Crippen molar-refractivity contribution in [2.24, 2.45) is 5.92 Å². The maximum Gasteiger partial charge on any atom is 0.334 e. The summed E-state index contributed by atoms with van der Waals surface area (Å²) in [6.07, 6.45) is 4.85. The number of carbonyl (C=O) groups excluding carboxylic acids is 2. The molecule has 0 radical (unpaired) electrons. The normalized spacial score (nSPS) is 29.8. The molecule has 0 N–H and O–H groups in total. The molecule has 0 bridgehead atoms. The SMILES string of the molecule is CC1=CCCC(C)C(=O)CC2=C(C)C(=O)OC2C1. The Morgan fingerprint density at radius 2 is 2.00 bits per heavy atom. The molecule has 1 aliphatic heterocycles. The third-order valence-electron chi connectivity index (χ3n) is 3.94. The molecule has 0 saturated heterocycles. The number of fused-ring (bicyclic) bond motifs is 1. The number of rotatable bonds is 0. The van der Waals surface area contributed by atoms with Crippen LogP contribution in [-0.4, -0.2) is 17.9 Å². The lowest BCUT2D eigenvalue weighted by Crippen LogP contribution is -2.19. The fourth-order valence-electron chi connectivity index (χ4n) is 2.55. The minimum absolute atomic E-state index is 0.0591. The van der Waals surface area contributed by atoms with Crippen LogP contribution in [0.2, 0.25) is 0 Å². The smallest absolute Gasteiger partial charge is 0.334 e. The summed E-state index contributed by atoms with van der Waals surface area (Å²) in [6.45, 7) is 5.79. The molecule has 0 aromatic rings. The van der Waals surface area contributed by atoms with E-state index in [2.05, 4.69) is 13.0 Å². The number of carbonyl (C=O) groups is 2. The van der Waals surface area contributed by atoms with E-state index in [0.717, 1.165) is 24.8 Å². The highest BCUT2D eigenvalue weighted by molar-refractivity contribution is 5.94. The fourth-order valence-corrected chi connectivity index (χ4v) is 2.55. The van der Waals surface area contributed by atoms with Gasteiger partial charge in [-0.1, -0.05) is 18.6 Å². The van der Waals surface area contributed by atoms with Crippen LogP contribution in [0.1, 0.15) is 46.5 Å². The molecule has 0 aromatic heterocycles. The number of ketones is 1. The van der Waals surface area contributed by atoms with E-state index in [0.29, 0.717) is 12.0 Å². The Hall–Kier alpha value is -1.38. The van der Waals surface area contributed by atoms with Gasteiger partial charge >= 0.3 is 5.97 Å². The molecule has 2 atom stereocenters. The second-order valence-corrected chi connectivity index (χ2v) is 5.42. The molecule has 0 fully saturated rings. The highest BCUT2D eigenvalue weighted by Gasteiger charge is 2.33. The molecule has 3 nitrogen and oxygen atoms in total. The predicted octanol–water partition coefficient (Wildman–Crippen LogP) is 2.95. The van der Waals surface area contributed by atoms with Crippen molar-refractivity contribution in [3.63, 3.8) is 0 Å². The molecule has 2 rings (SSSR count). The van der Waals surface area contributed by atoms with Gasteiger partial charge in [0.15, 0.2) is 0 Å². The van der Waals surface area contributed by atoms with Crippen molar-refractivity contribution in [1.82, 2.24) is 0 Å². The molecule has 1 aliphatic carbocycles. The van der Waals surface area contributed by atoms with Crippen molar-refractivity contribution in [3.05, 3.63) is 22.8 Å². The second kappa shape index (κ2) is 5.09. The average Bonchev–Trinajstić information content (AvgIpc) is 2.56. The van der Waals surface area contributed by atoms with Gasteiger partial charge in [-0.05, 0) is 32.3 Å². The first kappa shape index (κ1) is 13.1. The molecule has 0 amide bonds. The van der Waals surface area contributed by atoms with Gasteiger partial charge in [-0.15, -0.1) is 0 Å². The summed E-state index contributed by atoms with van der Waals surface area (Å²) in [7, 11) is 0. The van der Waals surface area contributed by atoms with Gasteiger partial charge in [0.25, 0.3) is 0 Å². The van der Waals surface area contributed by atoms with Crippen molar-refractivity contribution in [1.29, 1.82) is 0 Å². The van der Waals surface area contributed by atoms with E-state index in [-0.39, 0.29) is 23.8 Å². The largest absolute Gasteiger partial charge is 0.454 e. The zero-order chi connectivity index (χ0) is 13.3. The van der Waals surface area contributed by atoms with Crippen molar-refractivity contribution in [3.8, 4) is 0 Å². The molecule has 18 heavy (non-hydrogen) atoms. The quantitative estimate of drug-likeness (QED) is 0.489. The molecular formula is C15H20O3. The zero-order valence-corrected chi connectivity index (χ0v) is 11.3. The van der Waals surface area contributed by atoms with Crippen LogP contribution in [0.25, 0.3) is 0 Å². The summed E-state index contributed by atoms with van der Waals surface area (Å²) < 4.78 is 5.36. The minimum atomic E-state index is -0.262. The van der Waals surface area contributed by atoms with Gasteiger partial charge in [-0.3, -0.25) is 4.79 Å². The summed E-state index contributed by atoms with van der Waals surface area (Å²) >= 11 is 0. The third-order valence-corrected chi connectivity index (χ3v) is 3.94. The van der Waals surface area contributed by atoms with E-state index in [1.807, 2.05) is 6.92 Å². The number of esters is 1. The first-order valence-electron chi connectivity index (χ1n) is 6.58. The zero-order valence-electron chi connectivity index (χ0n) is 11.3. The number of hydrogen-bond acceptors (Lipinski definition) is 3. The average molecular weight is 248 g/mol. The number of ether oxygens (including phenoxy) is 1. The van der Waals surface area contributed by atoms with Crippen LogP contribution in [0.15, 0.2) is 22.8 Å². The van der Waals surface area contributed by atoms with E-state index < -0.39 is 0 Å². The van der Waals surface area contributed by atoms with Gasteiger partial charge in [0, 0.05) is 24.3 Å². The second-order valence-electron chi connectivity index (χ2n) is 5.42. The molecule has 0 saturated carbocycles. The van der Waals surface area contributed by atoms with E-state index in [4.69, 9.17) is 4.74 Å². The number of allylic oxidation sites excluding steroid dienone is 1. The molecule has 1 heterocycles. The topological polar surface area (TPSA) is 43.4 Å². The molecule has 0 spiro atoms. The van der Waals surface area contributed by atoms with Crippen LogP contribution < -0.4 is 0 Å². The lowest BCUT2D eigenvalue weighted by Gasteiger charge is -2.18. The standard InChI is InChI=1S/C15H20O3/c1-9-5-4-6-10(2)13(16)8-12-11(3)15(17)18-14(12)7-9/h5,10,14H,4,6-8H2,1-3H3. The molecule has 3 heteroatoms. The lowest BCUT2D eigenvalue weighted by molar-refractivity contribution is -0.139. The summed E-state index contributed by atoms with van der Waals surface area (Å²) in [5.74, 6) is 0.0203. The van der Waals surface area contributed by atoms with Gasteiger partial charge in [-0.25, -0.2) is 4.79 Å². The van der Waals surface area contributed by atoms with Crippen LogP contribution in [0.3, 0.4) is 0 Å². The van der Waals surface area contributed by atoms with Crippen LogP contribution in [0.4, 0.5) is 0 Å². The van der Waals surface area contributed by atoms with E-state index >= 15 is 0 Å². The maximum absolute atomic E-state index is 12.1. The lowest BCUT2D eigenvalue weighted by atomic mass is 9.88. The monoisotopic (exact) mass is 248 g/mol. The third kappa shape index (κ3) is 2.55. The van der Waals surface area contributed by atoms with Gasteiger partial charge in [0.2, 0.25) is 0 Å². The van der Waals surface area contributed by atoms with Gasteiger partial charge in [0.05, 0.1) is 0 Å². The first-order chi connectivity index (χ1) is 8.49. The molecule has 2 unspecified atom stereocenters. The Labute approximate surface area is 108 Å². The molecule has 2 aliphatic rings. The fraction of sp³-hybridized carbons (Fsp3) is 0.600. The molecule has 98 valence electrons. The minimum Gasteiger partial charge on any atom is -0.454 e. The Morgan fingerprint density at radius 1 is 1.28 bits per heavy atom. The highest BCUT2D eigenvalue weighted by atomic mass is 16.5. The molecule has 0 aromatic carbocycles. The van der Waals surface area contributed by atoms with E-state index in [9.17, 15) is 9.59 Å². The maximum atomic E-state index is 12.1. The summed E-state index contributed by atoms with van der Waals surface area (Å²) in [6, 6.07) is 0. The number of Topliss-reactive ketones (excluding diaryl/α,β-unsaturated/α-hetero) is 1. The number of hydrogen-bond donors (Lipinski definition) is 0. The van der Waals surface area contributed by atoms with Crippen LogP contribution in [0.5, 0.6) is 0 Å². The Bertz CT molecular complexity index is 443. The summed E-state index contributed by atoms with van der Waals surface area (Å²) in [4.78, 5) is 23.7. The Kier molecular flexibility index (Phi) is 3.69. The Balaban J connectivity index is 2.31. The van der Waals surface area contributed by atoms with Gasteiger partial charge in [-0.2, -0.15) is 0 Å². The highest BCUT2D eigenvalue weighted by Crippen LogP contribution is 2.32. The van der Waals surface area contributed by atoms with Crippen molar-refractivity contribution >= 4 is 11.8 Å². The van der Waals surface area contributed by atoms with Crippen molar-refractivity contribution in [2.75, 3.05) is 0 Å². The summed E-state index contributed by atoms with van der Waals surface area (Å²) in [5, 5.41) is 0. The van der Waals surface area contributed by atoms with Crippen LogP contribution >= 0.6 is 0 Å². The van der Waals surface area contributed by atoms with Gasteiger partial charge < -0.3 is 4.74 Å². The van der Waals surface area contributed by atoms with Gasteiger partial charge in [0.1, 0.15) is 11.9 Å². The van der Waals surface area contributed by atoms with Crippen molar-refractivity contribution < 1.29 is 14.3 Å². The van der Waals surface area contributed by atoms with E-state index in [1.165, 1.54) is 5.57 Å². The Morgan fingerprint density at radius 3 is 2.72 bits per heavy atom.